The number of carbonyl (C=O) groups is 2. The first-order chi connectivity index (χ1) is 18.5. The average Bonchev–Trinajstić information content (AvgIpc) is 3.15. The number of aryl methyl sites for hydroxylation is 1. The summed E-state index contributed by atoms with van der Waals surface area (Å²) in [5.74, 6) is -0.270. The molecule has 0 unspecified atom stereocenters. The number of halogens is 3. The molecule has 6 nitrogen and oxygen atoms in total. The first kappa shape index (κ1) is 28.2. The average molecular weight is 573 g/mol. The fourth-order valence-corrected chi connectivity index (χ4v) is 5.02. The van der Waals surface area contributed by atoms with Gasteiger partial charge in [-0.15, -0.1) is 0 Å². The van der Waals surface area contributed by atoms with Crippen molar-refractivity contribution in [3.63, 3.8) is 0 Å². The van der Waals surface area contributed by atoms with E-state index in [9.17, 15) is 22.8 Å². The van der Waals surface area contributed by atoms with Gasteiger partial charge in [0.1, 0.15) is 0 Å². The predicted octanol–water partition coefficient (Wildman–Crippen LogP) is 6.84. The third kappa shape index (κ3) is 6.98. The highest BCUT2D eigenvalue weighted by Gasteiger charge is 2.33. The molecule has 1 saturated heterocycles. The van der Waals surface area contributed by atoms with Gasteiger partial charge in [-0.05, 0) is 73.5 Å². The maximum atomic E-state index is 13.1. The number of rotatable bonds is 8. The van der Waals surface area contributed by atoms with E-state index < -0.39 is 24.3 Å². The van der Waals surface area contributed by atoms with Crippen molar-refractivity contribution in [3.05, 3.63) is 88.3 Å². The summed E-state index contributed by atoms with van der Waals surface area (Å²) in [4.78, 5) is 27.4. The van der Waals surface area contributed by atoms with Crippen molar-refractivity contribution in [2.45, 2.75) is 20.0 Å². The predicted molar refractivity (Wildman–Crippen MR) is 150 cm³/mol. The van der Waals surface area contributed by atoms with Gasteiger partial charge in [0.2, 0.25) is 0 Å². The van der Waals surface area contributed by atoms with Crippen LogP contribution in [0.3, 0.4) is 0 Å². The number of carbonyl (C=O) groups excluding carboxylic acids is 2. The van der Waals surface area contributed by atoms with Gasteiger partial charge < -0.3 is 14.8 Å². The fraction of sp³-hybridized carbons (Fsp3) is 0.179. The molecule has 1 aliphatic rings. The van der Waals surface area contributed by atoms with Gasteiger partial charge in [-0.1, -0.05) is 48.2 Å². The number of nitrogens with one attached hydrogen (secondary N) is 1. The number of thioether (sulfide) groups is 1. The Kier molecular flexibility index (Phi) is 8.61. The van der Waals surface area contributed by atoms with Crippen LogP contribution in [-0.4, -0.2) is 29.3 Å². The first-order valence-corrected chi connectivity index (χ1v) is 13.0. The molecule has 0 spiro atoms. The number of ether oxygens (including phenoxy) is 2. The maximum Gasteiger partial charge on any atom is 0.416 e. The number of thiocarbonyl (C=S) groups is 1. The largest absolute Gasteiger partial charge is 0.490 e. The standard InChI is InChI=1S/C28H23F3N2O4S2/c1-3-36-23-13-18(14-24-26(35)33(27(38)39-24)21-9-4-6-17(2)12-21)10-11-22(23)37-16-25(34)32-20-8-5-7-19(15-20)28(29,30)31/h4-15H,3,16H2,1-2H3,(H,32,34)/b24-14-. The van der Waals surface area contributed by atoms with E-state index >= 15 is 0 Å². The molecule has 11 heteroatoms. The van der Waals surface area contributed by atoms with E-state index in [0.29, 0.717) is 32.8 Å². The zero-order valence-corrected chi connectivity index (χ0v) is 22.5. The van der Waals surface area contributed by atoms with Crippen LogP contribution in [0.2, 0.25) is 0 Å². The Bertz CT molecular complexity index is 1460. The zero-order valence-electron chi connectivity index (χ0n) is 20.9. The van der Waals surface area contributed by atoms with Crippen molar-refractivity contribution < 1.29 is 32.2 Å². The SMILES string of the molecule is CCOc1cc(/C=C2\SC(=S)N(c3cccc(C)c3)C2=O)ccc1OCC(=O)Nc1cccc(C(F)(F)F)c1. The molecule has 0 atom stereocenters. The quantitative estimate of drug-likeness (QED) is 0.236. The molecule has 1 N–H and O–H groups in total. The molecule has 1 fully saturated rings. The number of hydrogen-bond acceptors (Lipinski definition) is 6. The van der Waals surface area contributed by atoms with Gasteiger partial charge in [0, 0.05) is 5.69 Å². The highest BCUT2D eigenvalue weighted by Crippen LogP contribution is 2.37. The van der Waals surface area contributed by atoms with Gasteiger partial charge in [-0.25, -0.2) is 0 Å². The molecule has 3 aromatic carbocycles. The lowest BCUT2D eigenvalue weighted by Crippen LogP contribution is -2.27. The zero-order chi connectivity index (χ0) is 28.2. The summed E-state index contributed by atoms with van der Waals surface area (Å²) in [5.41, 5.74) is 1.49. The van der Waals surface area contributed by atoms with Crippen LogP contribution in [0.5, 0.6) is 11.5 Å². The van der Waals surface area contributed by atoms with E-state index in [1.807, 2.05) is 31.2 Å². The molecule has 4 rings (SSSR count). The molecule has 0 radical (unpaired) electrons. The molecule has 0 aliphatic carbocycles. The van der Waals surface area contributed by atoms with Crippen molar-refractivity contribution >= 4 is 57.6 Å². The van der Waals surface area contributed by atoms with Gasteiger partial charge in [0.05, 0.1) is 22.8 Å². The normalized spacial score (nSPS) is 14.6. The van der Waals surface area contributed by atoms with Crippen LogP contribution in [0.1, 0.15) is 23.6 Å². The topological polar surface area (TPSA) is 67.9 Å². The summed E-state index contributed by atoms with van der Waals surface area (Å²) in [5, 5.41) is 2.39. The van der Waals surface area contributed by atoms with Gasteiger partial charge in [0.25, 0.3) is 11.8 Å². The number of amides is 2. The monoisotopic (exact) mass is 572 g/mol. The van der Waals surface area contributed by atoms with Crippen molar-refractivity contribution in [1.82, 2.24) is 0 Å². The molecule has 1 heterocycles. The van der Waals surface area contributed by atoms with Crippen LogP contribution >= 0.6 is 24.0 Å². The molecule has 0 aromatic heterocycles. The Labute approximate surface area is 232 Å². The smallest absolute Gasteiger partial charge is 0.416 e. The lowest BCUT2D eigenvalue weighted by molar-refractivity contribution is -0.137. The molecule has 0 saturated carbocycles. The van der Waals surface area contributed by atoms with Gasteiger partial charge in [-0.2, -0.15) is 13.2 Å². The molecule has 3 aromatic rings. The van der Waals surface area contributed by atoms with Crippen LogP contribution in [0.25, 0.3) is 6.08 Å². The Morgan fingerprint density at radius 1 is 1.05 bits per heavy atom. The second kappa shape index (κ2) is 11.9. The summed E-state index contributed by atoms with van der Waals surface area (Å²) in [6.45, 7) is 3.57. The molecular weight excluding hydrogens is 549 g/mol. The minimum atomic E-state index is -4.52. The third-order valence-corrected chi connectivity index (χ3v) is 6.75. The van der Waals surface area contributed by atoms with Gasteiger partial charge in [-0.3, -0.25) is 14.5 Å². The van der Waals surface area contributed by atoms with E-state index in [1.54, 1.807) is 31.2 Å². The summed E-state index contributed by atoms with van der Waals surface area (Å²) in [6.07, 6.45) is -2.83. The summed E-state index contributed by atoms with van der Waals surface area (Å²) < 4.78 is 50.4. The van der Waals surface area contributed by atoms with Crippen LogP contribution in [0, 0.1) is 6.92 Å². The van der Waals surface area contributed by atoms with Crippen molar-refractivity contribution in [1.29, 1.82) is 0 Å². The number of hydrogen-bond donors (Lipinski definition) is 1. The van der Waals surface area contributed by atoms with Crippen LogP contribution in [-0.2, 0) is 15.8 Å². The Hall–Kier alpha value is -3.83. The Morgan fingerprint density at radius 2 is 1.82 bits per heavy atom. The molecular formula is C28H23F3N2O4S2. The Balaban J connectivity index is 1.46. The van der Waals surface area contributed by atoms with E-state index in [-0.39, 0.29) is 17.3 Å². The minimum Gasteiger partial charge on any atom is -0.490 e. The fourth-order valence-electron chi connectivity index (χ4n) is 3.72. The lowest BCUT2D eigenvalue weighted by atomic mass is 10.1. The van der Waals surface area contributed by atoms with Crippen molar-refractivity contribution in [2.75, 3.05) is 23.4 Å². The van der Waals surface area contributed by atoms with Gasteiger partial charge in [0.15, 0.2) is 22.4 Å². The van der Waals surface area contributed by atoms with Crippen LogP contribution < -0.4 is 19.7 Å². The molecule has 202 valence electrons. The minimum absolute atomic E-state index is 0.00165. The second-order valence-electron chi connectivity index (χ2n) is 8.41. The summed E-state index contributed by atoms with van der Waals surface area (Å²) >= 11 is 6.64. The Morgan fingerprint density at radius 3 is 2.54 bits per heavy atom. The first-order valence-electron chi connectivity index (χ1n) is 11.8. The van der Waals surface area contributed by atoms with Gasteiger partial charge >= 0.3 is 6.18 Å². The lowest BCUT2D eigenvalue weighted by Gasteiger charge is -2.15. The van der Waals surface area contributed by atoms with Crippen molar-refractivity contribution in [3.8, 4) is 11.5 Å². The van der Waals surface area contributed by atoms with Crippen molar-refractivity contribution in [2.24, 2.45) is 0 Å². The second-order valence-corrected chi connectivity index (χ2v) is 10.1. The molecule has 0 bridgehead atoms. The van der Waals surface area contributed by atoms with E-state index in [2.05, 4.69) is 5.32 Å². The van der Waals surface area contributed by atoms with E-state index in [1.165, 1.54) is 28.8 Å². The number of benzene rings is 3. The highest BCUT2D eigenvalue weighted by atomic mass is 32.2. The third-order valence-electron chi connectivity index (χ3n) is 5.45. The number of alkyl halides is 3. The van der Waals surface area contributed by atoms with Crippen LogP contribution in [0.4, 0.5) is 24.5 Å². The molecule has 1 aliphatic heterocycles. The van der Waals surface area contributed by atoms with E-state index in [4.69, 9.17) is 21.7 Å². The molecule has 39 heavy (non-hydrogen) atoms. The number of nitrogens with zero attached hydrogens (tertiary/aromatic N) is 1. The maximum absolute atomic E-state index is 13.1. The van der Waals surface area contributed by atoms with E-state index in [0.717, 1.165) is 17.7 Å². The van der Waals surface area contributed by atoms with Crippen LogP contribution in [0.15, 0.2) is 71.6 Å². The summed E-state index contributed by atoms with van der Waals surface area (Å²) in [7, 11) is 0. The number of anilines is 2. The highest BCUT2D eigenvalue weighted by molar-refractivity contribution is 8.27. The molecule has 2 amide bonds. The summed E-state index contributed by atoms with van der Waals surface area (Å²) in [6, 6.07) is 16.8.